The summed E-state index contributed by atoms with van der Waals surface area (Å²) in [5, 5.41) is 4.45. The van der Waals surface area contributed by atoms with Gasteiger partial charge in [0.1, 0.15) is 11.5 Å². The minimum absolute atomic E-state index is 0.547. The Morgan fingerprint density at radius 1 is 0.575 bits per heavy atom. The lowest BCUT2D eigenvalue weighted by Gasteiger charge is -2.36. The van der Waals surface area contributed by atoms with Crippen LogP contribution in [0.5, 0.6) is 11.5 Å². The number of rotatable bonds is 9. The SMILES string of the molecule is COc1ccccc1-c1c(OC)cccc1P(C1CCCC1)[P@@](c1ccccc1)c1ccc(C2CCCC2)cc1. The second kappa shape index (κ2) is 12.9. The van der Waals surface area contributed by atoms with Gasteiger partial charge in [-0.3, -0.25) is 0 Å². The van der Waals surface area contributed by atoms with Gasteiger partial charge in [-0.1, -0.05) is 111 Å². The van der Waals surface area contributed by atoms with Gasteiger partial charge in [-0.15, -0.1) is 0 Å². The zero-order valence-corrected chi connectivity index (χ0v) is 25.5. The lowest BCUT2D eigenvalue weighted by atomic mass is 9.98. The number of benzene rings is 4. The quantitative estimate of drug-likeness (QED) is 0.188. The van der Waals surface area contributed by atoms with Gasteiger partial charge >= 0.3 is 0 Å². The standard InChI is InChI=1S/C36H40O2P2/c1-37-33-20-11-10-19-32(33)36-34(38-2)21-12-22-35(36)40(30-17-8-9-18-30)39(29-15-4-3-5-16-29)31-25-23-28(24-26-31)27-13-6-7-14-27/h3-5,10-12,15-16,19-27,30H,6-9,13-14,17-18H2,1-2H3/t39-,40?/m0/s1. The van der Waals surface area contributed by atoms with Gasteiger partial charge in [0, 0.05) is 11.1 Å². The highest BCUT2D eigenvalue weighted by molar-refractivity contribution is 8.39. The van der Waals surface area contributed by atoms with E-state index >= 15 is 0 Å². The van der Waals surface area contributed by atoms with E-state index < -0.39 is 15.2 Å². The molecule has 4 aromatic carbocycles. The van der Waals surface area contributed by atoms with Crippen LogP contribution in [0.3, 0.4) is 0 Å². The number of hydrogen-bond acceptors (Lipinski definition) is 2. The van der Waals surface area contributed by atoms with Crippen molar-refractivity contribution in [3.8, 4) is 22.6 Å². The first-order valence-corrected chi connectivity index (χ1v) is 18.3. The monoisotopic (exact) mass is 566 g/mol. The number of ether oxygens (including phenoxy) is 2. The van der Waals surface area contributed by atoms with Crippen molar-refractivity contribution in [2.45, 2.75) is 62.9 Å². The molecule has 0 heterocycles. The van der Waals surface area contributed by atoms with Crippen molar-refractivity contribution in [3.63, 3.8) is 0 Å². The highest BCUT2D eigenvalue weighted by Crippen LogP contribution is 2.72. The molecule has 4 aromatic rings. The van der Waals surface area contributed by atoms with Crippen LogP contribution >= 0.6 is 15.2 Å². The molecule has 0 amide bonds. The van der Waals surface area contributed by atoms with E-state index in [0.29, 0.717) is 5.66 Å². The van der Waals surface area contributed by atoms with E-state index in [2.05, 4.69) is 97.1 Å². The normalized spacial score (nSPS) is 17.6. The average Bonchev–Trinajstić information content (AvgIpc) is 3.76. The predicted octanol–water partition coefficient (Wildman–Crippen LogP) is 9.13. The van der Waals surface area contributed by atoms with E-state index in [4.69, 9.17) is 9.47 Å². The molecular weight excluding hydrogens is 526 g/mol. The van der Waals surface area contributed by atoms with Crippen LogP contribution < -0.4 is 25.4 Å². The molecule has 0 saturated heterocycles. The Morgan fingerprint density at radius 3 is 1.88 bits per heavy atom. The fraction of sp³-hybridized carbons (Fsp3) is 0.333. The topological polar surface area (TPSA) is 18.5 Å². The van der Waals surface area contributed by atoms with E-state index in [9.17, 15) is 0 Å². The second-order valence-corrected chi connectivity index (χ2v) is 17.1. The molecule has 0 radical (unpaired) electrons. The molecule has 1 unspecified atom stereocenters. The fourth-order valence-corrected chi connectivity index (χ4v) is 16.0. The molecule has 2 aliphatic rings. The Labute approximate surface area is 242 Å². The molecule has 6 rings (SSSR count). The van der Waals surface area contributed by atoms with Crippen molar-refractivity contribution < 1.29 is 9.47 Å². The van der Waals surface area contributed by atoms with E-state index in [1.54, 1.807) is 14.2 Å². The van der Waals surface area contributed by atoms with Gasteiger partial charge in [0.2, 0.25) is 0 Å². The van der Waals surface area contributed by atoms with Crippen LogP contribution in [0.4, 0.5) is 0 Å². The number of para-hydroxylation sites is 1. The lowest BCUT2D eigenvalue weighted by Crippen LogP contribution is -2.21. The smallest absolute Gasteiger partial charge is 0.127 e. The Morgan fingerprint density at radius 2 is 1.18 bits per heavy atom. The molecule has 2 fully saturated rings. The maximum absolute atomic E-state index is 6.08. The summed E-state index contributed by atoms with van der Waals surface area (Å²) in [4.78, 5) is 0. The van der Waals surface area contributed by atoms with Gasteiger partial charge in [-0.25, -0.2) is 0 Å². The minimum Gasteiger partial charge on any atom is -0.496 e. The van der Waals surface area contributed by atoms with Crippen molar-refractivity contribution in [2.75, 3.05) is 14.2 Å². The second-order valence-electron chi connectivity index (χ2n) is 11.1. The molecule has 2 atom stereocenters. The van der Waals surface area contributed by atoms with Crippen molar-refractivity contribution in [1.29, 1.82) is 0 Å². The average molecular weight is 567 g/mol. The van der Waals surface area contributed by atoms with Gasteiger partial charge in [0.25, 0.3) is 0 Å². The van der Waals surface area contributed by atoms with Crippen LogP contribution in [0.1, 0.15) is 62.8 Å². The summed E-state index contributed by atoms with van der Waals surface area (Å²) < 4.78 is 12.0. The third-order valence-corrected chi connectivity index (χ3v) is 17.1. The van der Waals surface area contributed by atoms with Crippen LogP contribution in [0, 0.1) is 0 Å². The summed E-state index contributed by atoms with van der Waals surface area (Å²) in [6.45, 7) is 0. The molecule has 2 saturated carbocycles. The Hall–Kier alpha value is -2.66. The number of hydrogen-bond donors (Lipinski definition) is 0. The van der Waals surface area contributed by atoms with E-state index in [-0.39, 0.29) is 0 Å². The third-order valence-electron chi connectivity index (χ3n) is 8.70. The largest absolute Gasteiger partial charge is 0.496 e. The fourth-order valence-electron chi connectivity index (χ4n) is 6.73. The van der Waals surface area contributed by atoms with Crippen molar-refractivity contribution in [1.82, 2.24) is 0 Å². The van der Waals surface area contributed by atoms with E-state index in [0.717, 1.165) is 23.0 Å². The molecule has 206 valence electrons. The molecule has 0 aromatic heterocycles. The minimum atomic E-state index is -0.596. The summed E-state index contributed by atoms with van der Waals surface area (Å²) in [5.41, 5.74) is 4.57. The Kier molecular flexibility index (Phi) is 8.86. The highest BCUT2D eigenvalue weighted by atomic mass is 32.1. The highest BCUT2D eigenvalue weighted by Gasteiger charge is 2.37. The van der Waals surface area contributed by atoms with Gasteiger partial charge in [-0.2, -0.15) is 0 Å². The molecular formula is C36H40O2P2. The zero-order valence-electron chi connectivity index (χ0n) is 23.8. The van der Waals surface area contributed by atoms with Crippen molar-refractivity contribution in [2.24, 2.45) is 0 Å². The van der Waals surface area contributed by atoms with Crippen LogP contribution in [-0.4, -0.2) is 19.9 Å². The molecule has 2 aliphatic carbocycles. The van der Waals surface area contributed by atoms with Crippen LogP contribution in [-0.2, 0) is 0 Å². The van der Waals surface area contributed by atoms with Gasteiger partial charge < -0.3 is 9.47 Å². The zero-order chi connectivity index (χ0) is 27.3. The molecule has 0 spiro atoms. The van der Waals surface area contributed by atoms with Crippen LogP contribution in [0.25, 0.3) is 11.1 Å². The maximum atomic E-state index is 6.08. The molecule has 0 bridgehead atoms. The van der Waals surface area contributed by atoms with Gasteiger partial charge in [0.05, 0.1) is 14.2 Å². The van der Waals surface area contributed by atoms with Gasteiger partial charge in [-0.05, 0) is 86.1 Å². The third kappa shape index (κ3) is 5.59. The lowest BCUT2D eigenvalue weighted by molar-refractivity contribution is 0.410. The maximum Gasteiger partial charge on any atom is 0.127 e. The molecule has 0 aliphatic heterocycles. The van der Waals surface area contributed by atoms with Crippen molar-refractivity contribution >= 4 is 31.1 Å². The molecule has 40 heavy (non-hydrogen) atoms. The first kappa shape index (κ1) is 27.5. The summed E-state index contributed by atoms with van der Waals surface area (Å²) >= 11 is 0. The molecule has 2 nitrogen and oxygen atoms in total. The summed E-state index contributed by atoms with van der Waals surface area (Å²) in [5.74, 6) is 2.58. The Balaban J connectivity index is 1.55. The predicted molar refractivity (Wildman–Crippen MR) is 174 cm³/mol. The first-order valence-electron chi connectivity index (χ1n) is 14.8. The van der Waals surface area contributed by atoms with E-state index in [1.165, 1.54) is 78.4 Å². The molecule has 0 N–H and O–H groups in total. The number of methoxy groups -OCH3 is 2. The van der Waals surface area contributed by atoms with Crippen molar-refractivity contribution in [3.05, 3.63) is 103 Å². The van der Waals surface area contributed by atoms with Gasteiger partial charge in [0.15, 0.2) is 0 Å². The Bertz CT molecular complexity index is 1390. The molecule has 4 heteroatoms. The van der Waals surface area contributed by atoms with Crippen LogP contribution in [0.15, 0.2) is 97.1 Å². The summed E-state index contributed by atoms with van der Waals surface area (Å²) in [7, 11) is 2.43. The van der Waals surface area contributed by atoms with Crippen LogP contribution in [0.2, 0.25) is 0 Å². The summed E-state index contributed by atoms with van der Waals surface area (Å²) in [6, 6.07) is 36.4. The first-order chi connectivity index (χ1) is 19.8. The summed E-state index contributed by atoms with van der Waals surface area (Å²) in [6.07, 6.45) is 10.7. The van der Waals surface area contributed by atoms with E-state index in [1.807, 2.05) is 0 Å².